The monoisotopic (exact) mass is 474 g/mol. The van der Waals surface area contributed by atoms with Gasteiger partial charge in [-0.15, -0.1) is 0 Å². The van der Waals surface area contributed by atoms with Gasteiger partial charge in [-0.25, -0.2) is 14.8 Å². The van der Waals surface area contributed by atoms with Gasteiger partial charge in [0, 0.05) is 50.3 Å². The number of aromatic nitrogens is 3. The third-order valence-corrected chi connectivity index (χ3v) is 6.32. The van der Waals surface area contributed by atoms with E-state index in [1.165, 1.54) is 23.1 Å². The first-order valence-corrected chi connectivity index (χ1v) is 11.8. The molecule has 10 heteroatoms. The van der Waals surface area contributed by atoms with E-state index in [4.69, 9.17) is 9.72 Å². The predicted molar refractivity (Wildman–Crippen MR) is 133 cm³/mol. The number of fused-ring (bicyclic) bond motifs is 2. The van der Waals surface area contributed by atoms with Gasteiger partial charge in [0.15, 0.2) is 5.82 Å². The molecule has 2 N–H and O–H groups in total. The number of amides is 1. The van der Waals surface area contributed by atoms with E-state index in [-0.39, 0.29) is 0 Å². The van der Waals surface area contributed by atoms with Gasteiger partial charge in [-0.2, -0.15) is 4.98 Å². The van der Waals surface area contributed by atoms with Crippen molar-refractivity contribution < 1.29 is 9.53 Å². The van der Waals surface area contributed by atoms with Crippen molar-refractivity contribution in [1.82, 2.24) is 30.2 Å². The van der Waals surface area contributed by atoms with Crippen LogP contribution in [-0.4, -0.2) is 58.2 Å². The maximum atomic E-state index is 11.8. The molecule has 5 rings (SSSR count). The lowest BCUT2D eigenvalue weighted by atomic mass is 10.0. The summed E-state index contributed by atoms with van der Waals surface area (Å²) in [5, 5.41) is 11.1. The fourth-order valence-electron chi connectivity index (χ4n) is 4.53. The normalized spacial score (nSPS) is 14.9. The third kappa shape index (κ3) is 4.75. The van der Waals surface area contributed by atoms with E-state index < -0.39 is 6.09 Å². The van der Waals surface area contributed by atoms with E-state index in [0.717, 1.165) is 61.0 Å². The van der Waals surface area contributed by atoms with E-state index in [2.05, 4.69) is 55.7 Å². The second-order valence-corrected chi connectivity index (χ2v) is 8.70. The van der Waals surface area contributed by atoms with Gasteiger partial charge in [-0.1, -0.05) is 13.0 Å². The summed E-state index contributed by atoms with van der Waals surface area (Å²) in [6.45, 7) is 5.88. The van der Waals surface area contributed by atoms with Gasteiger partial charge in [0.2, 0.25) is 5.95 Å². The second kappa shape index (κ2) is 9.85. The smallest absolute Gasteiger partial charge is 0.409 e. The van der Waals surface area contributed by atoms with Crippen molar-refractivity contribution in [3.05, 3.63) is 65.1 Å². The van der Waals surface area contributed by atoms with Crippen molar-refractivity contribution in [2.75, 3.05) is 37.6 Å². The molecule has 1 amide bonds. The maximum Gasteiger partial charge on any atom is 0.409 e. The Kier molecular flexibility index (Phi) is 6.47. The number of anilines is 4. The number of methoxy groups -OCH3 is 1. The van der Waals surface area contributed by atoms with Gasteiger partial charge < -0.3 is 20.3 Å². The average Bonchev–Trinajstić information content (AvgIpc) is 3.26. The van der Waals surface area contributed by atoms with Gasteiger partial charge >= 0.3 is 6.09 Å². The molecule has 2 aliphatic heterocycles. The second-order valence-electron chi connectivity index (χ2n) is 8.70. The summed E-state index contributed by atoms with van der Waals surface area (Å²) in [4.78, 5) is 27.2. The maximum absolute atomic E-state index is 11.8. The lowest BCUT2D eigenvalue weighted by molar-refractivity contribution is 0.131. The zero-order valence-corrected chi connectivity index (χ0v) is 20.3. The molecule has 0 unspecified atom stereocenters. The summed E-state index contributed by atoms with van der Waals surface area (Å²) in [5.74, 6) is 1.39. The lowest BCUT2D eigenvalue weighted by Crippen LogP contribution is -2.34. The minimum Gasteiger partial charge on any atom is -0.453 e. The minimum atomic E-state index is -0.402. The standard InChI is InChI=1S/C25H30N8O2/c1-4-32-15-19-14-28-24(29-20-6-5-17-7-9-26-13-18(17)11-20)30-23(19)33(32)22-8-10-27-21(12-22)16-31(2)25(34)35-3/h5-6,8,10-12,14,26H,4,7,9,13,15-16H2,1-3H3,(H,28,29,30). The van der Waals surface area contributed by atoms with Crippen LogP contribution >= 0.6 is 0 Å². The zero-order valence-electron chi connectivity index (χ0n) is 20.3. The van der Waals surface area contributed by atoms with Crippen LogP contribution in [0.4, 0.5) is 27.9 Å². The van der Waals surface area contributed by atoms with Crippen LogP contribution in [0.2, 0.25) is 0 Å². The molecule has 0 atom stereocenters. The van der Waals surface area contributed by atoms with Crippen LogP contribution in [0.3, 0.4) is 0 Å². The molecule has 10 nitrogen and oxygen atoms in total. The molecule has 1 aromatic carbocycles. The molecule has 4 heterocycles. The first-order valence-electron chi connectivity index (χ1n) is 11.8. The molecule has 3 aromatic rings. The number of hydrazine groups is 1. The third-order valence-electron chi connectivity index (χ3n) is 6.32. The van der Waals surface area contributed by atoms with Crippen LogP contribution in [0, 0.1) is 0 Å². The van der Waals surface area contributed by atoms with Crippen molar-refractivity contribution in [2.24, 2.45) is 0 Å². The topological polar surface area (TPSA) is 98.8 Å². The molecule has 0 radical (unpaired) electrons. The van der Waals surface area contributed by atoms with Gasteiger partial charge in [-0.3, -0.25) is 9.99 Å². The summed E-state index contributed by atoms with van der Waals surface area (Å²) >= 11 is 0. The molecule has 182 valence electrons. The highest BCUT2D eigenvalue weighted by Crippen LogP contribution is 2.36. The van der Waals surface area contributed by atoms with Crippen molar-refractivity contribution in [3.63, 3.8) is 0 Å². The Balaban J connectivity index is 1.42. The number of nitrogens with one attached hydrogen (secondary N) is 2. The Bertz CT molecular complexity index is 1230. The highest BCUT2D eigenvalue weighted by atomic mass is 16.5. The Morgan fingerprint density at radius 2 is 2.09 bits per heavy atom. The van der Waals surface area contributed by atoms with Crippen molar-refractivity contribution in [2.45, 2.75) is 33.0 Å². The van der Waals surface area contributed by atoms with E-state index >= 15 is 0 Å². The fourth-order valence-corrected chi connectivity index (χ4v) is 4.53. The van der Waals surface area contributed by atoms with E-state index in [9.17, 15) is 4.79 Å². The number of carbonyl (C=O) groups excluding carboxylic acids is 1. The molecule has 0 saturated carbocycles. The largest absolute Gasteiger partial charge is 0.453 e. The van der Waals surface area contributed by atoms with Crippen LogP contribution < -0.4 is 15.6 Å². The van der Waals surface area contributed by atoms with Gasteiger partial charge in [0.05, 0.1) is 25.0 Å². The summed E-state index contributed by atoms with van der Waals surface area (Å²) in [6, 6.07) is 10.4. The summed E-state index contributed by atoms with van der Waals surface area (Å²) in [5.41, 5.74) is 6.41. The van der Waals surface area contributed by atoms with Crippen molar-refractivity contribution in [3.8, 4) is 0 Å². The molecule has 2 aromatic heterocycles. The number of pyridine rings is 1. The van der Waals surface area contributed by atoms with E-state index in [1.54, 1.807) is 13.2 Å². The molecule has 2 aliphatic rings. The molecule has 0 saturated heterocycles. The van der Waals surface area contributed by atoms with E-state index in [1.807, 2.05) is 18.3 Å². The molecule has 0 fully saturated rings. The van der Waals surface area contributed by atoms with Crippen LogP contribution in [0.25, 0.3) is 0 Å². The highest BCUT2D eigenvalue weighted by Gasteiger charge is 2.30. The number of carbonyl (C=O) groups is 1. The SMILES string of the molecule is CCN1Cc2cnc(Nc3ccc4c(c3)CNCC4)nc2N1c1ccnc(CN(C)C(=O)OC)c1. The number of hydrogen-bond donors (Lipinski definition) is 2. The van der Waals surface area contributed by atoms with Crippen LogP contribution in [0.1, 0.15) is 29.3 Å². The zero-order chi connectivity index (χ0) is 24.4. The highest BCUT2D eigenvalue weighted by molar-refractivity contribution is 5.68. The van der Waals surface area contributed by atoms with Crippen molar-refractivity contribution in [1.29, 1.82) is 0 Å². The van der Waals surface area contributed by atoms with Crippen LogP contribution in [0.15, 0.2) is 42.7 Å². The number of nitrogens with zero attached hydrogens (tertiary/aromatic N) is 6. The van der Waals surface area contributed by atoms with E-state index in [0.29, 0.717) is 12.5 Å². The summed E-state index contributed by atoms with van der Waals surface area (Å²) in [7, 11) is 3.06. The first-order chi connectivity index (χ1) is 17.1. The number of benzene rings is 1. The molecular weight excluding hydrogens is 444 g/mol. The lowest BCUT2D eigenvalue weighted by Gasteiger charge is -2.29. The number of rotatable bonds is 6. The Morgan fingerprint density at radius 1 is 1.20 bits per heavy atom. The van der Waals surface area contributed by atoms with Gasteiger partial charge in [0.25, 0.3) is 0 Å². The minimum absolute atomic E-state index is 0.344. The summed E-state index contributed by atoms with van der Waals surface area (Å²) in [6.07, 6.45) is 4.29. The first kappa shape index (κ1) is 23.0. The van der Waals surface area contributed by atoms with Gasteiger partial charge in [0.1, 0.15) is 0 Å². The molecule has 0 aliphatic carbocycles. The average molecular weight is 475 g/mol. The number of ether oxygens (including phenoxy) is 1. The Hall–Kier alpha value is -3.76. The van der Waals surface area contributed by atoms with Crippen LogP contribution in [-0.2, 0) is 30.8 Å². The number of hydrogen-bond acceptors (Lipinski definition) is 9. The van der Waals surface area contributed by atoms with Crippen LogP contribution in [0.5, 0.6) is 0 Å². The quantitative estimate of drug-likeness (QED) is 0.557. The Labute approximate surface area is 204 Å². The Morgan fingerprint density at radius 3 is 2.91 bits per heavy atom. The summed E-state index contributed by atoms with van der Waals surface area (Å²) < 4.78 is 4.80. The fraction of sp³-hybridized carbons (Fsp3) is 0.360. The van der Waals surface area contributed by atoms with Gasteiger partial charge in [-0.05, 0) is 48.4 Å². The molecule has 35 heavy (non-hydrogen) atoms. The van der Waals surface area contributed by atoms with Crippen molar-refractivity contribution >= 4 is 29.2 Å². The molecular formula is C25H30N8O2. The molecule has 0 bridgehead atoms. The molecule has 0 spiro atoms. The predicted octanol–water partition coefficient (Wildman–Crippen LogP) is 3.35.